The first-order valence-electron chi connectivity index (χ1n) is 3.44. The molecule has 0 aromatic rings. The number of hydrogen-bond donors (Lipinski definition) is 3. The van der Waals surface area contributed by atoms with Crippen LogP contribution in [0.4, 0.5) is 0 Å². The van der Waals surface area contributed by atoms with Crippen molar-refractivity contribution in [2.45, 2.75) is 18.8 Å². The zero-order valence-corrected chi connectivity index (χ0v) is 7.01. The summed E-state index contributed by atoms with van der Waals surface area (Å²) in [6.45, 7) is -0.823. The third-order valence-corrected chi connectivity index (χ3v) is 1.47. The number of carbonyl (C=O) groups is 1. The maximum Gasteiger partial charge on any atom is 0.305 e. The van der Waals surface area contributed by atoms with Gasteiger partial charge in [-0.15, -0.1) is 4.91 Å². The summed E-state index contributed by atoms with van der Waals surface area (Å²) < 4.78 is 4.19. The average molecular weight is 193 g/mol. The quantitative estimate of drug-likeness (QED) is 0.274. The van der Waals surface area contributed by atoms with Crippen LogP contribution in [-0.2, 0) is 9.53 Å². The van der Waals surface area contributed by atoms with Crippen molar-refractivity contribution in [1.82, 2.24) is 0 Å². The molecule has 0 rings (SSSR count). The Morgan fingerprint density at radius 2 is 2.00 bits per heavy atom. The summed E-state index contributed by atoms with van der Waals surface area (Å²) in [6.07, 6.45) is -1.95. The molecule has 0 fully saturated rings. The fraction of sp³-hybridized carbons (Fsp3) is 0.833. The van der Waals surface area contributed by atoms with Crippen LogP contribution in [0.25, 0.3) is 0 Å². The molecule has 0 aliphatic rings. The van der Waals surface area contributed by atoms with Gasteiger partial charge in [0.25, 0.3) is 0 Å². The molecule has 3 N–H and O–H groups in total. The van der Waals surface area contributed by atoms with Crippen molar-refractivity contribution in [1.29, 1.82) is 0 Å². The lowest BCUT2D eigenvalue weighted by atomic mass is 10.0. The van der Waals surface area contributed by atoms with E-state index in [1.165, 1.54) is 0 Å². The largest absolute Gasteiger partial charge is 0.433 e. The highest BCUT2D eigenvalue weighted by Crippen LogP contribution is 2.16. The van der Waals surface area contributed by atoms with Crippen molar-refractivity contribution in [3.63, 3.8) is 0 Å². The topological polar surface area (TPSA) is 116 Å². The predicted octanol–water partition coefficient (Wildman–Crippen LogP) is -1.64. The third kappa shape index (κ3) is 2.72. The lowest BCUT2D eigenvalue weighted by molar-refractivity contribution is -0.184. The average Bonchev–Trinajstić information content (AvgIpc) is 2.07. The van der Waals surface area contributed by atoms with Crippen LogP contribution in [0, 0.1) is 4.91 Å². The van der Waals surface area contributed by atoms with Gasteiger partial charge in [0.2, 0.25) is 11.8 Å². The second-order valence-electron chi connectivity index (χ2n) is 2.47. The van der Waals surface area contributed by atoms with Gasteiger partial charge in [-0.05, 0) is 0 Å². The van der Waals surface area contributed by atoms with Crippen LogP contribution >= 0.6 is 0 Å². The number of rotatable bonds is 5. The normalized spacial score (nSPS) is 13.5. The van der Waals surface area contributed by atoms with Crippen molar-refractivity contribution >= 4 is 5.97 Å². The number of carbonyl (C=O) groups excluding carboxylic acids is 1. The first kappa shape index (κ1) is 11.9. The monoisotopic (exact) mass is 193 g/mol. The minimum Gasteiger partial charge on any atom is -0.433 e. The fourth-order valence-electron chi connectivity index (χ4n) is 0.576. The number of nitrogens with zero attached hydrogens (tertiary/aromatic N) is 1. The van der Waals surface area contributed by atoms with E-state index in [0.717, 1.165) is 6.92 Å². The lowest BCUT2D eigenvalue weighted by Gasteiger charge is -2.25. The second kappa shape index (κ2) is 4.85. The van der Waals surface area contributed by atoms with E-state index in [1.54, 1.807) is 0 Å². The molecule has 0 bridgehead atoms. The first-order chi connectivity index (χ1) is 6.02. The summed E-state index contributed by atoms with van der Waals surface area (Å²) in [4.78, 5) is 20.6. The van der Waals surface area contributed by atoms with Gasteiger partial charge in [0, 0.05) is 6.92 Å². The zero-order chi connectivity index (χ0) is 10.5. The molecular weight excluding hydrogens is 182 g/mol. The Morgan fingerprint density at radius 3 is 2.23 bits per heavy atom. The van der Waals surface area contributed by atoms with Crippen LogP contribution in [-0.4, -0.2) is 46.3 Å². The van der Waals surface area contributed by atoms with Crippen LogP contribution in [0.1, 0.15) is 6.92 Å². The molecule has 13 heavy (non-hydrogen) atoms. The van der Waals surface area contributed by atoms with Gasteiger partial charge in [0.15, 0.2) is 0 Å². The molecule has 0 aromatic carbocycles. The first-order valence-corrected chi connectivity index (χ1v) is 3.44. The summed E-state index contributed by atoms with van der Waals surface area (Å²) in [7, 11) is 0. The number of aliphatic hydroxyl groups excluding tert-OH is 3. The minimum atomic E-state index is -2.09. The number of hydrogen-bond acceptors (Lipinski definition) is 7. The number of aliphatic hydroxyl groups is 3. The molecular formula is C6H11NO6. The fourth-order valence-corrected chi connectivity index (χ4v) is 0.576. The molecule has 76 valence electrons. The summed E-state index contributed by atoms with van der Waals surface area (Å²) in [5, 5.41) is 28.7. The third-order valence-electron chi connectivity index (χ3n) is 1.47. The van der Waals surface area contributed by atoms with Crippen molar-refractivity contribution in [3.8, 4) is 0 Å². The lowest BCUT2D eigenvalue weighted by Crippen LogP contribution is -2.49. The van der Waals surface area contributed by atoms with E-state index in [4.69, 9.17) is 15.3 Å². The number of esters is 1. The summed E-state index contributed by atoms with van der Waals surface area (Å²) >= 11 is 0. The Morgan fingerprint density at radius 1 is 1.54 bits per heavy atom. The van der Waals surface area contributed by atoms with E-state index >= 15 is 0 Å². The Labute approximate surface area is 73.9 Å². The molecule has 0 radical (unpaired) electrons. The van der Waals surface area contributed by atoms with Crippen LogP contribution < -0.4 is 0 Å². The number of nitroso groups, excluding NO2 is 1. The SMILES string of the molecule is CC(=O)OC(O)C(CO)(CO)N=O. The maximum atomic E-state index is 10.4. The van der Waals surface area contributed by atoms with E-state index in [2.05, 4.69) is 9.91 Å². The van der Waals surface area contributed by atoms with Crippen LogP contribution in [0.15, 0.2) is 5.18 Å². The molecule has 1 atom stereocenters. The van der Waals surface area contributed by atoms with E-state index in [9.17, 15) is 9.70 Å². The minimum absolute atomic E-state index is 0.845. The van der Waals surface area contributed by atoms with Gasteiger partial charge in [-0.2, -0.15) is 0 Å². The molecule has 1 unspecified atom stereocenters. The van der Waals surface area contributed by atoms with Crippen LogP contribution in [0.2, 0.25) is 0 Å². The molecule has 0 aliphatic carbocycles. The van der Waals surface area contributed by atoms with E-state index in [-0.39, 0.29) is 0 Å². The summed E-state index contributed by atoms with van der Waals surface area (Å²) in [6, 6.07) is 0. The second-order valence-corrected chi connectivity index (χ2v) is 2.47. The van der Waals surface area contributed by atoms with E-state index in [1.807, 2.05) is 0 Å². The predicted molar refractivity (Wildman–Crippen MR) is 40.5 cm³/mol. The highest BCUT2D eigenvalue weighted by Gasteiger charge is 2.41. The van der Waals surface area contributed by atoms with Crippen molar-refractivity contribution in [2.75, 3.05) is 13.2 Å². The highest BCUT2D eigenvalue weighted by atomic mass is 16.6. The molecule has 7 heteroatoms. The van der Waals surface area contributed by atoms with Crippen molar-refractivity contribution in [3.05, 3.63) is 4.91 Å². The Kier molecular flexibility index (Phi) is 4.46. The molecule has 7 nitrogen and oxygen atoms in total. The van der Waals surface area contributed by atoms with Gasteiger partial charge in [0.05, 0.1) is 13.2 Å². The summed E-state index contributed by atoms with van der Waals surface area (Å²) in [5.74, 6) is -0.845. The molecule has 0 aromatic heterocycles. The molecule has 0 heterocycles. The highest BCUT2D eigenvalue weighted by molar-refractivity contribution is 5.66. The van der Waals surface area contributed by atoms with Crippen molar-refractivity contribution in [2.24, 2.45) is 5.18 Å². The van der Waals surface area contributed by atoms with Crippen molar-refractivity contribution < 1.29 is 24.9 Å². The molecule has 0 saturated heterocycles. The molecule has 0 aliphatic heterocycles. The van der Waals surface area contributed by atoms with Crippen LogP contribution in [0.3, 0.4) is 0 Å². The van der Waals surface area contributed by atoms with E-state index < -0.39 is 31.0 Å². The molecule has 0 saturated carbocycles. The van der Waals surface area contributed by atoms with Gasteiger partial charge < -0.3 is 20.1 Å². The number of ether oxygens (including phenoxy) is 1. The van der Waals surface area contributed by atoms with Gasteiger partial charge in [0.1, 0.15) is 0 Å². The van der Waals surface area contributed by atoms with Gasteiger partial charge >= 0.3 is 5.97 Å². The summed E-state index contributed by atoms with van der Waals surface area (Å²) in [5.41, 5.74) is -2.09. The van der Waals surface area contributed by atoms with Gasteiger partial charge in [-0.1, -0.05) is 5.18 Å². The van der Waals surface area contributed by atoms with Crippen LogP contribution in [0.5, 0.6) is 0 Å². The smallest absolute Gasteiger partial charge is 0.305 e. The molecule has 0 amide bonds. The van der Waals surface area contributed by atoms with Gasteiger partial charge in [-0.3, -0.25) is 4.79 Å². The maximum absolute atomic E-state index is 10.4. The Bertz CT molecular complexity index is 190. The standard InChI is InChI=1S/C6H11NO6/c1-4(10)13-5(11)6(2-8,3-9)7-12/h5,8-9,11H,2-3H2,1H3. The molecule has 0 spiro atoms. The van der Waals surface area contributed by atoms with E-state index in [0.29, 0.717) is 0 Å². The van der Waals surface area contributed by atoms with Gasteiger partial charge in [-0.25, -0.2) is 0 Å². The Hall–Kier alpha value is -1.05. The Balaban J connectivity index is 4.52. The zero-order valence-electron chi connectivity index (χ0n) is 7.01.